The van der Waals surface area contributed by atoms with Crippen LogP contribution in [0, 0.1) is 0 Å². The van der Waals surface area contributed by atoms with Gasteiger partial charge in [-0.3, -0.25) is 4.79 Å². The lowest BCUT2D eigenvalue weighted by Gasteiger charge is -2.11. The fourth-order valence-corrected chi connectivity index (χ4v) is 3.98. The molecule has 0 saturated carbocycles. The summed E-state index contributed by atoms with van der Waals surface area (Å²) >= 11 is 29.9. The van der Waals surface area contributed by atoms with Gasteiger partial charge in [0.25, 0.3) is 0 Å². The number of carbonyl (C=O) groups excluding carboxylic acids is 1. The van der Waals surface area contributed by atoms with E-state index in [1.54, 1.807) is 0 Å². The summed E-state index contributed by atoms with van der Waals surface area (Å²) in [5, 5.41) is 1.03. The molecule has 2 rings (SSSR count). The molecule has 0 spiro atoms. The zero-order valence-electron chi connectivity index (χ0n) is 9.68. The molecule has 1 nitrogen and oxygen atoms in total. The molecule has 1 atom stereocenters. The second-order valence-electron chi connectivity index (χ2n) is 3.77. The molecule has 1 unspecified atom stereocenters. The van der Waals surface area contributed by atoms with Crippen LogP contribution in [0.5, 0.6) is 0 Å². The van der Waals surface area contributed by atoms with E-state index < -0.39 is 0 Å². The molecule has 0 aromatic heterocycles. The molecule has 0 aliphatic heterocycles. The Hall–Kier alpha value is -0.0100. The molecule has 0 fully saturated rings. The zero-order valence-corrected chi connectivity index (χ0v) is 14.5. The van der Waals surface area contributed by atoms with Crippen molar-refractivity contribution in [1.29, 1.82) is 0 Å². The summed E-state index contributed by atoms with van der Waals surface area (Å²) < 4.78 is 0. The Morgan fingerprint density at radius 3 is 1.70 bits per heavy atom. The van der Waals surface area contributed by atoms with Gasteiger partial charge in [-0.15, -0.1) is 0 Å². The van der Waals surface area contributed by atoms with Crippen LogP contribution in [0.2, 0.25) is 25.1 Å². The van der Waals surface area contributed by atoms with Gasteiger partial charge in [-0.2, -0.15) is 0 Å². The van der Waals surface area contributed by atoms with Gasteiger partial charge in [0.05, 0.1) is 30.7 Å². The number of hydrogen-bond donors (Lipinski definition) is 0. The normalized spacial score (nSPS) is 11.2. The van der Waals surface area contributed by atoms with Crippen molar-refractivity contribution in [3.05, 3.63) is 61.0 Å². The first-order valence-electron chi connectivity index (χ1n) is 5.31. The first kappa shape index (κ1) is 16.4. The Kier molecular flexibility index (Phi) is 5.59. The molecule has 7 heteroatoms. The van der Waals surface area contributed by atoms with Gasteiger partial charge >= 0.3 is 0 Å². The van der Waals surface area contributed by atoms with Crippen molar-refractivity contribution >= 4 is 77.4 Å². The van der Waals surface area contributed by atoms with E-state index in [0.717, 1.165) is 5.30 Å². The van der Waals surface area contributed by atoms with Crippen LogP contribution in [-0.4, -0.2) is 5.52 Å². The Morgan fingerprint density at radius 2 is 1.20 bits per heavy atom. The van der Waals surface area contributed by atoms with Gasteiger partial charge in [0, 0.05) is 0 Å². The van der Waals surface area contributed by atoms with Crippen LogP contribution in [0.3, 0.4) is 0 Å². The number of rotatable bonds is 3. The minimum Gasteiger partial charge on any atom is -0.289 e. The summed E-state index contributed by atoms with van der Waals surface area (Å²) in [5.41, 5.74) is -0.137. The van der Waals surface area contributed by atoms with E-state index >= 15 is 0 Å². The fourth-order valence-electron chi connectivity index (χ4n) is 1.52. The first-order valence-corrected chi connectivity index (χ1v) is 8.20. The van der Waals surface area contributed by atoms with Crippen LogP contribution in [0.25, 0.3) is 0 Å². The lowest BCUT2D eigenvalue weighted by Crippen LogP contribution is -2.03. The lowest BCUT2D eigenvalue weighted by molar-refractivity contribution is 0.108. The molecule has 0 N–H and O–H groups in total. The van der Waals surface area contributed by atoms with E-state index in [-0.39, 0.29) is 44.8 Å². The van der Waals surface area contributed by atoms with Crippen LogP contribution in [0.1, 0.15) is 10.4 Å². The van der Waals surface area contributed by atoms with Crippen molar-refractivity contribution in [3.63, 3.8) is 0 Å². The van der Waals surface area contributed by atoms with E-state index in [9.17, 15) is 4.79 Å². The maximum Gasteiger partial charge on any atom is 0.188 e. The van der Waals surface area contributed by atoms with Crippen molar-refractivity contribution in [1.82, 2.24) is 0 Å². The topological polar surface area (TPSA) is 17.1 Å². The monoisotopic (exact) mass is 384 g/mol. The van der Waals surface area contributed by atoms with Gasteiger partial charge in [0.1, 0.15) is 0 Å². The highest BCUT2D eigenvalue weighted by molar-refractivity contribution is 7.66. The highest BCUT2D eigenvalue weighted by atomic mass is 35.5. The molecule has 2 aromatic rings. The van der Waals surface area contributed by atoms with E-state index in [2.05, 4.69) is 0 Å². The highest BCUT2D eigenvalue weighted by Crippen LogP contribution is 2.45. The Balaban J connectivity index is 2.45. The number of carbonyl (C=O) groups is 1. The van der Waals surface area contributed by atoms with E-state index in [1.165, 1.54) is 0 Å². The van der Waals surface area contributed by atoms with Crippen molar-refractivity contribution < 1.29 is 4.79 Å². The van der Waals surface area contributed by atoms with Crippen LogP contribution in [-0.2, 0) is 0 Å². The summed E-state index contributed by atoms with van der Waals surface area (Å²) in [6.07, 6.45) is 0. The molecule has 0 radical (unpaired) electrons. The predicted molar refractivity (Wildman–Crippen MR) is 90.2 cm³/mol. The van der Waals surface area contributed by atoms with Crippen LogP contribution in [0.15, 0.2) is 30.3 Å². The van der Waals surface area contributed by atoms with Gasteiger partial charge in [0.2, 0.25) is 0 Å². The smallest absolute Gasteiger partial charge is 0.188 e. The first-order chi connectivity index (χ1) is 9.43. The summed E-state index contributed by atoms with van der Waals surface area (Å²) in [5.74, 6) is 0. The summed E-state index contributed by atoms with van der Waals surface area (Å²) in [4.78, 5) is 12.4. The van der Waals surface area contributed by atoms with Gasteiger partial charge in [0.15, 0.2) is 5.52 Å². The number of hydrogen-bond acceptors (Lipinski definition) is 1. The van der Waals surface area contributed by atoms with Gasteiger partial charge in [-0.25, -0.2) is 0 Å². The Morgan fingerprint density at radius 1 is 0.750 bits per heavy atom. The SMILES string of the molecule is O=C(Pc1ccccc1)c1c(Cl)c(Cl)c(Cl)c(Cl)c1Cl. The van der Waals surface area contributed by atoms with Crippen LogP contribution in [0.4, 0.5) is 0 Å². The molecule has 0 amide bonds. The van der Waals surface area contributed by atoms with E-state index in [4.69, 9.17) is 58.0 Å². The molecule has 0 aliphatic rings. The van der Waals surface area contributed by atoms with E-state index in [1.807, 2.05) is 30.3 Å². The zero-order chi connectivity index (χ0) is 14.9. The second-order valence-corrected chi connectivity index (χ2v) is 6.94. The third-order valence-corrected chi connectivity index (χ3v) is 5.84. The quantitative estimate of drug-likeness (QED) is 0.354. The number of benzene rings is 2. The maximum atomic E-state index is 12.4. The molecule has 0 heterocycles. The molecule has 0 bridgehead atoms. The summed E-state index contributed by atoms with van der Waals surface area (Å²) in [7, 11) is -0.130. The molecule has 2 aromatic carbocycles. The van der Waals surface area contributed by atoms with Crippen LogP contribution < -0.4 is 5.30 Å². The average Bonchev–Trinajstić information content (AvgIpc) is 2.44. The van der Waals surface area contributed by atoms with Crippen LogP contribution >= 0.6 is 66.6 Å². The largest absolute Gasteiger partial charge is 0.289 e. The highest BCUT2D eigenvalue weighted by Gasteiger charge is 2.23. The van der Waals surface area contributed by atoms with Crippen molar-refractivity contribution in [2.75, 3.05) is 0 Å². The Bertz CT molecular complexity index is 643. The molecular weight excluding hydrogens is 380 g/mol. The van der Waals surface area contributed by atoms with Gasteiger partial charge in [-0.05, 0) is 13.9 Å². The fraction of sp³-hybridized carbons (Fsp3) is 0. The predicted octanol–water partition coefficient (Wildman–Crippen LogP) is 6.10. The Labute approximate surface area is 142 Å². The second kappa shape index (κ2) is 6.83. The van der Waals surface area contributed by atoms with Crippen molar-refractivity contribution in [2.45, 2.75) is 0 Å². The molecular formula is C13H6Cl5OP. The van der Waals surface area contributed by atoms with Crippen molar-refractivity contribution in [2.24, 2.45) is 0 Å². The molecule has 20 heavy (non-hydrogen) atoms. The third kappa shape index (κ3) is 3.25. The maximum absolute atomic E-state index is 12.4. The van der Waals surface area contributed by atoms with Gasteiger partial charge < -0.3 is 0 Å². The molecule has 0 saturated heterocycles. The van der Waals surface area contributed by atoms with Gasteiger partial charge in [-0.1, -0.05) is 88.3 Å². The third-order valence-electron chi connectivity index (χ3n) is 2.47. The molecule has 0 aliphatic carbocycles. The summed E-state index contributed by atoms with van der Waals surface area (Å²) in [6.45, 7) is 0. The summed E-state index contributed by atoms with van der Waals surface area (Å²) in [6, 6.07) is 9.25. The minimum atomic E-state index is -0.244. The average molecular weight is 386 g/mol. The number of halogens is 5. The van der Waals surface area contributed by atoms with E-state index in [0.29, 0.717) is 0 Å². The standard InChI is InChI=1S/C13H6Cl5OP/c14-8-7(9(15)11(17)12(18)10(8)16)13(19)20-6-4-2-1-3-5-6/h1-5,20H. The van der Waals surface area contributed by atoms with Crippen molar-refractivity contribution in [3.8, 4) is 0 Å². The lowest BCUT2D eigenvalue weighted by atomic mass is 10.2. The minimum absolute atomic E-state index is 0.0273. The molecule has 104 valence electrons.